The van der Waals surface area contributed by atoms with Crippen molar-refractivity contribution in [3.05, 3.63) is 85.2 Å². The third kappa shape index (κ3) is 9.86. The second kappa shape index (κ2) is 13.6. The maximum atomic E-state index is 12.7. The number of hydrogen-bond donors (Lipinski definition) is 0. The van der Waals surface area contributed by atoms with Gasteiger partial charge >= 0.3 is 12.2 Å². The minimum Gasteiger partial charge on any atom is -0.444 e. The van der Waals surface area contributed by atoms with Gasteiger partial charge in [-0.15, -0.1) is 24.5 Å². The van der Waals surface area contributed by atoms with Crippen LogP contribution in [-0.4, -0.2) is 56.2 Å². The third-order valence-corrected chi connectivity index (χ3v) is 6.56. The molecule has 0 radical (unpaired) electrons. The molecule has 0 N–H and O–H groups in total. The van der Waals surface area contributed by atoms with Gasteiger partial charge in [0.1, 0.15) is 11.2 Å². The van der Waals surface area contributed by atoms with E-state index in [4.69, 9.17) is 19.4 Å². The number of thiophene rings is 1. The first-order chi connectivity index (χ1) is 19.3. The van der Waals surface area contributed by atoms with Gasteiger partial charge in [0, 0.05) is 13.1 Å². The van der Waals surface area contributed by atoms with Gasteiger partial charge in [0.05, 0.1) is 45.6 Å². The molecule has 0 aliphatic heterocycles. The Hall–Kier alpha value is -3.98. The number of aromatic nitrogens is 2. The topological polar surface area (TPSA) is 84.9 Å². The smallest absolute Gasteiger partial charge is 0.410 e. The molecule has 0 saturated heterocycles. The minimum absolute atomic E-state index is 0.301. The Kier molecular flexibility index (Phi) is 10.5. The van der Waals surface area contributed by atoms with Crippen molar-refractivity contribution >= 4 is 23.5 Å². The molecule has 2 amide bonds. The zero-order chi connectivity index (χ0) is 30.2. The molecule has 0 unspecified atom stereocenters. The largest absolute Gasteiger partial charge is 0.444 e. The summed E-state index contributed by atoms with van der Waals surface area (Å²) >= 11 is 1.58. The Morgan fingerprint density at radius 3 is 1.46 bits per heavy atom. The molecule has 218 valence electrons. The van der Waals surface area contributed by atoms with Crippen LogP contribution in [0.1, 0.15) is 52.9 Å². The van der Waals surface area contributed by atoms with Crippen LogP contribution in [0.15, 0.2) is 73.8 Å². The zero-order valence-corrected chi connectivity index (χ0v) is 25.7. The van der Waals surface area contributed by atoms with Gasteiger partial charge in [-0.1, -0.05) is 24.3 Å². The van der Waals surface area contributed by atoms with Crippen LogP contribution in [-0.2, 0) is 22.6 Å². The molecule has 0 aliphatic carbocycles. The molecule has 0 atom stereocenters. The van der Waals surface area contributed by atoms with Crippen LogP contribution < -0.4 is 0 Å². The SMILES string of the molecule is C=CCN(Cc1cccc(-c2ccc(-c3cccc(CN(CC=C)C(=O)OC(C)(C)C)n3)s2)n1)C(=O)OC(C)(C)C. The normalized spacial score (nSPS) is 11.5. The van der Waals surface area contributed by atoms with Crippen molar-refractivity contribution in [2.24, 2.45) is 0 Å². The van der Waals surface area contributed by atoms with Crippen LogP contribution in [0, 0.1) is 0 Å². The maximum Gasteiger partial charge on any atom is 0.410 e. The Balaban J connectivity index is 1.78. The highest BCUT2D eigenvalue weighted by Gasteiger charge is 2.23. The standard InChI is InChI=1S/C32H40N4O4S/c1-9-19-35(29(37)39-31(3,4)5)21-23-13-11-15-25(33-23)27-17-18-28(41-27)26-16-12-14-24(34-26)22-36(20-10-2)30(38)40-32(6,7)8/h9-18H,1-2,19-22H2,3-8H3. The maximum absolute atomic E-state index is 12.7. The number of carbonyl (C=O) groups excluding carboxylic acids is 2. The molecule has 3 aromatic heterocycles. The molecule has 3 rings (SSSR count). The summed E-state index contributed by atoms with van der Waals surface area (Å²) in [4.78, 5) is 40.1. The zero-order valence-electron chi connectivity index (χ0n) is 24.8. The van der Waals surface area contributed by atoms with Gasteiger partial charge in [0.25, 0.3) is 0 Å². The van der Waals surface area contributed by atoms with Crippen molar-refractivity contribution in [1.82, 2.24) is 19.8 Å². The van der Waals surface area contributed by atoms with Crippen LogP contribution in [0.2, 0.25) is 0 Å². The molecule has 41 heavy (non-hydrogen) atoms. The van der Waals surface area contributed by atoms with Gasteiger partial charge in [0.15, 0.2) is 0 Å². The fourth-order valence-electron chi connectivity index (χ4n) is 3.79. The van der Waals surface area contributed by atoms with E-state index in [0.717, 1.165) is 32.5 Å². The van der Waals surface area contributed by atoms with Gasteiger partial charge in [-0.3, -0.25) is 19.8 Å². The van der Waals surface area contributed by atoms with E-state index in [-0.39, 0.29) is 0 Å². The van der Waals surface area contributed by atoms with Crippen LogP contribution in [0.3, 0.4) is 0 Å². The molecule has 0 saturated carbocycles. The summed E-state index contributed by atoms with van der Waals surface area (Å²) in [6.07, 6.45) is 2.52. The predicted octanol–water partition coefficient (Wildman–Crippen LogP) is 7.72. The van der Waals surface area contributed by atoms with Crippen LogP contribution in [0.25, 0.3) is 21.1 Å². The van der Waals surface area contributed by atoms with Gasteiger partial charge in [0.2, 0.25) is 0 Å². The van der Waals surface area contributed by atoms with Crippen molar-refractivity contribution in [1.29, 1.82) is 0 Å². The molecule has 0 aliphatic rings. The first-order valence-corrected chi connectivity index (χ1v) is 14.3. The first kappa shape index (κ1) is 31.5. The Bertz CT molecular complexity index is 1270. The molecule has 3 aromatic rings. The molecule has 8 nitrogen and oxygen atoms in total. The van der Waals surface area contributed by atoms with E-state index >= 15 is 0 Å². The highest BCUT2D eigenvalue weighted by molar-refractivity contribution is 7.18. The summed E-state index contributed by atoms with van der Waals surface area (Å²) < 4.78 is 11.1. The van der Waals surface area contributed by atoms with E-state index in [2.05, 4.69) is 13.2 Å². The van der Waals surface area contributed by atoms with Crippen molar-refractivity contribution in [3.63, 3.8) is 0 Å². The number of nitrogens with zero attached hydrogens (tertiary/aromatic N) is 4. The summed E-state index contributed by atoms with van der Waals surface area (Å²) in [6.45, 7) is 19.9. The second-order valence-corrected chi connectivity index (χ2v) is 12.6. The summed E-state index contributed by atoms with van der Waals surface area (Å²) in [5.74, 6) is 0. The van der Waals surface area contributed by atoms with Crippen molar-refractivity contribution < 1.29 is 19.1 Å². The average Bonchev–Trinajstić information content (AvgIpc) is 3.37. The Morgan fingerprint density at radius 1 is 0.732 bits per heavy atom. The highest BCUT2D eigenvalue weighted by Crippen LogP contribution is 2.33. The fourth-order valence-corrected chi connectivity index (χ4v) is 4.73. The summed E-state index contributed by atoms with van der Waals surface area (Å²) in [6, 6.07) is 15.6. The summed E-state index contributed by atoms with van der Waals surface area (Å²) in [7, 11) is 0. The molecule has 0 bridgehead atoms. The molecule has 0 aromatic carbocycles. The van der Waals surface area contributed by atoms with E-state index in [9.17, 15) is 9.59 Å². The monoisotopic (exact) mass is 576 g/mol. The third-order valence-electron chi connectivity index (χ3n) is 5.43. The molecule has 0 spiro atoms. The van der Waals surface area contributed by atoms with Crippen LogP contribution in [0.5, 0.6) is 0 Å². The minimum atomic E-state index is -0.593. The molecular formula is C32H40N4O4S. The van der Waals surface area contributed by atoms with Crippen molar-refractivity contribution in [2.45, 2.75) is 65.8 Å². The Morgan fingerprint density at radius 2 is 1.12 bits per heavy atom. The first-order valence-electron chi connectivity index (χ1n) is 13.5. The average molecular weight is 577 g/mol. The molecule has 0 fully saturated rings. The number of amides is 2. The lowest BCUT2D eigenvalue weighted by Gasteiger charge is -2.26. The van der Waals surface area contributed by atoms with E-state index < -0.39 is 23.4 Å². The van der Waals surface area contributed by atoms with Crippen molar-refractivity contribution in [3.8, 4) is 21.1 Å². The molecule has 3 heterocycles. The number of ether oxygens (including phenoxy) is 2. The lowest BCUT2D eigenvalue weighted by Crippen LogP contribution is -2.36. The molecule has 9 heteroatoms. The number of hydrogen-bond acceptors (Lipinski definition) is 7. The molecular weight excluding hydrogens is 536 g/mol. The van der Waals surface area contributed by atoms with Crippen molar-refractivity contribution in [2.75, 3.05) is 13.1 Å². The number of carbonyl (C=O) groups is 2. The van der Waals surface area contributed by atoms with Crippen LogP contribution >= 0.6 is 11.3 Å². The van der Waals surface area contributed by atoms with Gasteiger partial charge in [-0.25, -0.2) is 9.59 Å². The lowest BCUT2D eigenvalue weighted by atomic mass is 10.2. The fraction of sp³-hybridized carbons (Fsp3) is 0.375. The van der Waals surface area contributed by atoms with E-state index in [0.29, 0.717) is 26.2 Å². The summed E-state index contributed by atoms with van der Waals surface area (Å²) in [5, 5.41) is 0. The van der Waals surface area contributed by atoms with Crippen LogP contribution in [0.4, 0.5) is 9.59 Å². The van der Waals surface area contributed by atoms with Gasteiger partial charge in [-0.05, 0) is 77.9 Å². The predicted molar refractivity (Wildman–Crippen MR) is 164 cm³/mol. The van der Waals surface area contributed by atoms with Gasteiger partial charge < -0.3 is 9.47 Å². The second-order valence-electron chi connectivity index (χ2n) is 11.5. The number of rotatable bonds is 10. The summed E-state index contributed by atoms with van der Waals surface area (Å²) in [5.41, 5.74) is 1.91. The van der Waals surface area contributed by atoms with E-state index in [1.165, 1.54) is 0 Å². The Labute approximate surface area is 247 Å². The van der Waals surface area contributed by atoms with E-state index in [1.54, 1.807) is 33.3 Å². The number of pyridine rings is 2. The highest BCUT2D eigenvalue weighted by atomic mass is 32.1. The lowest BCUT2D eigenvalue weighted by molar-refractivity contribution is 0.0244. The quantitative estimate of drug-likeness (QED) is 0.230. The van der Waals surface area contributed by atoms with Gasteiger partial charge in [-0.2, -0.15) is 0 Å². The van der Waals surface area contributed by atoms with E-state index in [1.807, 2.05) is 90.1 Å².